The molecular formula is C19H22N2O5S. The molecule has 0 N–H and O–H groups in total. The zero-order valence-corrected chi connectivity index (χ0v) is 16.2. The van der Waals surface area contributed by atoms with Crippen LogP contribution in [0.4, 0.5) is 10.5 Å². The van der Waals surface area contributed by atoms with Crippen molar-refractivity contribution in [1.82, 2.24) is 4.90 Å². The smallest absolute Gasteiger partial charge is 0.325 e. The summed E-state index contributed by atoms with van der Waals surface area (Å²) in [6.45, 7) is 1.66. The minimum absolute atomic E-state index is 0.257. The van der Waals surface area contributed by atoms with Crippen LogP contribution in [-0.4, -0.2) is 55.9 Å². The Balaban J connectivity index is 1.82. The molecule has 2 fully saturated rings. The molecule has 8 heteroatoms. The van der Waals surface area contributed by atoms with Gasteiger partial charge in [-0.3, -0.25) is 19.3 Å². The lowest BCUT2D eigenvalue weighted by Gasteiger charge is -2.29. The van der Waals surface area contributed by atoms with Crippen LogP contribution in [0.2, 0.25) is 0 Å². The molecule has 0 aliphatic carbocycles. The van der Waals surface area contributed by atoms with E-state index in [4.69, 9.17) is 4.74 Å². The molecule has 0 aromatic heterocycles. The molecule has 2 saturated heterocycles. The Hall–Kier alpha value is -2.48. The molecule has 144 valence electrons. The Morgan fingerprint density at radius 1 is 1.19 bits per heavy atom. The predicted octanol–water partition coefficient (Wildman–Crippen LogP) is 2.89. The molecule has 0 spiro atoms. The van der Waals surface area contributed by atoms with Crippen molar-refractivity contribution >= 4 is 40.6 Å². The average Bonchev–Trinajstić information content (AvgIpc) is 2.96. The molecule has 3 rings (SSSR count). The Labute approximate surface area is 162 Å². The van der Waals surface area contributed by atoms with Gasteiger partial charge >= 0.3 is 5.97 Å². The molecule has 2 aliphatic heterocycles. The number of nitrogens with zero attached hydrogens (tertiary/aromatic N) is 2. The lowest BCUT2D eigenvalue weighted by atomic mass is 10.1. The van der Waals surface area contributed by atoms with Gasteiger partial charge in [0, 0.05) is 30.4 Å². The van der Waals surface area contributed by atoms with Crippen molar-refractivity contribution in [3.8, 4) is 5.75 Å². The Morgan fingerprint density at radius 2 is 1.93 bits per heavy atom. The van der Waals surface area contributed by atoms with Crippen LogP contribution in [0.1, 0.15) is 24.8 Å². The van der Waals surface area contributed by atoms with E-state index >= 15 is 0 Å². The summed E-state index contributed by atoms with van der Waals surface area (Å²) in [5.41, 5.74) is 1.80. The topological polar surface area (TPSA) is 76.2 Å². The molecule has 2 amide bonds. The number of esters is 1. The second-order valence-corrected chi connectivity index (χ2v) is 7.31. The van der Waals surface area contributed by atoms with Crippen molar-refractivity contribution in [2.45, 2.75) is 19.3 Å². The maximum atomic E-state index is 12.4. The third-order valence-electron chi connectivity index (χ3n) is 4.61. The first-order valence-corrected chi connectivity index (χ1v) is 9.60. The zero-order chi connectivity index (χ0) is 19.4. The average molecular weight is 390 g/mol. The van der Waals surface area contributed by atoms with Gasteiger partial charge in [0.15, 0.2) is 0 Å². The third-order valence-corrected chi connectivity index (χ3v) is 5.52. The molecular weight excluding hydrogens is 368 g/mol. The number of benzene rings is 1. The van der Waals surface area contributed by atoms with Crippen molar-refractivity contribution in [2.75, 3.05) is 38.8 Å². The van der Waals surface area contributed by atoms with Crippen LogP contribution in [0.3, 0.4) is 0 Å². The fourth-order valence-electron chi connectivity index (χ4n) is 3.14. The van der Waals surface area contributed by atoms with Gasteiger partial charge in [-0.25, -0.2) is 0 Å². The van der Waals surface area contributed by atoms with Gasteiger partial charge in [0.05, 0.1) is 19.1 Å². The SMILES string of the molecule is COC(=O)CN1C(=O)S/C(=C/c2ccc(N3CCCCC3)cc2OC)C1=O. The highest BCUT2D eigenvalue weighted by Crippen LogP contribution is 2.35. The minimum Gasteiger partial charge on any atom is -0.496 e. The minimum atomic E-state index is -0.637. The number of rotatable bonds is 5. The molecule has 1 aromatic carbocycles. The first-order chi connectivity index (χ1) is 13.0. The molecule has 2 heterocycles. The van der Waals surface area contributed by atoms with Gasteiger partial charge in [-0.2, -0.15) is 0 Å². The van der Waals surface area contributed by atoms with E-state index in [0.717, 1.165) is 35.4 Å². The number of hydrogen-bond donors (Lipinski definition) is 0. The number of imide groups is 1. The Morgan fingerprint density at radius 3 is 2.59 bits per heavy atom. The molecule has 7 nitrogen and oxygen atoms in total. The largest absolute Gasteiger partial charge is 0.496 e. The highest BCUT2D eigenvalue weighted by Gasteiger charge is 2.36. The maximum Gasteiger partial charge on any atom is 0.325 e. The van der Waals surface area contributed by atoms with Gasteiger partial charge in [-0.15, -0.1) is 0 Å². The number of thioether (sulfide) groups is 1. The summed E-state index contributed by atoms with van der Waals surface area (Å²) in [5.74, 6) is -0.502. The normalized spacial score (nSPS) is 19.0. The number of piperidine rings is 1. The molecule has 2 aliphatic rings. The van der Waals surface area contributed by atoms with Crippen LogP contribution in [0.5, 0.6) is 5.75 Å². The van der Waals surface area contributed by atoms with Gasteiger partial charge < -0.3 is 14.4 Å². The van der Waals surface area contributed by atoms with E-state index in [2.05, 4.69) is 9.64 Å². The number of amides is 2. The van der Waals surface area contributed by atoms with Crippen LogP contribution >= 0.6 is 11.8 Å². The summed E-state index contributed by atoms with van der Waals surface area (Å²) >= 11 is 0.805. The van der Waals surface area contributed by atoms with E-state index in [-0.39, 0.29) is 11.4 Å². The van der Waals surface area contributed by atoms with Crippen molar-refractivity contribution in [3.63, 3.8) is 0 Å². The van der Waals surface area contributed by atoms with Crippen LogP contribution in [0.25, 0.3) is 6.08 Å². The number of methoxy groups -OCH3 is 2. The first kappa shape index (κ1) is 19.3. The van der Waals surface area contributed by atoms with Gasteiger partial charge in [0.1, 0.15) is 12.3 Å². The second-order valence-electron chi connectivity index (χ2n) is 6.32. The molecule has 0 unspecified atom stereocenters. The summed E-state index contributed by atoms with van der Waals surface area (Å²) in [7, 11) is 2.79. The fraction of sp³-hybridized carbons (Fsp3) is 0.421. The van der Waals surface area contributed by atoms with Crippen LogP contribution in [-0.2, 0) is 14.3 Å². The summed E-state index contributed by atoms with van der Waals surface area (Å²) < 4.78 is 10.0. The molecule has 0 radical (unpaired) electrons. The van der Waals surface area contributed by atoms with E-state index in [0.29, 0.717) is 11.3 Å². The van der Waals surface area contributed by atoms with E-state index in [1.165, 1.54) is 26.4 Å². The molecule has 0 bridgehead atoms. The van der Waals surface area contributed by atoms with Gasteiger partial charge in [0.25, 0.3) is 11.1 Å². The lowest BCUT2D eigenvalue weighted by Crippen LogP contribution is -2.34. The molecule has 1 aromatic rings. The molecule has 27 heavy (non-hydrogen) atoms. The van der Waals surface area contributed by atoms with Crippen molar-refractivity contribution in [2.24, 2.45) is 0 Å². The van der Waals surface area contributed by atoms with Crippen LogP contribution < -0.4 is 9.64 Å². The summed E-state index contributed by atoms with van der Waals surface area (Å²) in [5, 5.41) is -0.486. The first-order valence-electron chi connectivity index (χ1n) is 8.78. The third kappa shape index (κ3) is 4.27. The van der Waals surface area contributed by atoms with E-state index in [9.17, 15) is 14.4 Å². The fourth-order valence-corrected chi connectivity index (χ4v) is 3.97. The van der Waals surface area contributed by atoms with Gasteiger partial charge in [0.2, 0.25) is 0 Å². The van der Waals surface area contributed by atoms with Crippen LogP contribution in [0, 0.1) is 0 Å². The van der Waals surface area contributed by atoms with E-state index < -0.39 is 17.1 Å². The number of anilines is 1. The van der Waals surface area contributed by atoms with Gasteiger partial charge in [-0.05, 0) is 49.2 Å². The predicted molar refractivity (Wildman–Crippen MR) is 104 cm³/mol. The zero-order valence-electron chi connectivity index (χ0n) is 15.4. The quantitative estimate of drug-likeness (QED) is 0.565. The molecule has 0 atom stereocenters. The maximum absolute atomic E-state index is 12.4. The Kier molecular flexibility index (Phi) is 6.05. The lowest BCUT2D eigenvalue weighted by molar-refractivity contribution is -0.143. The number of hydrogen-bond acceptors (Lipinski definition) is 7. The number of carbonyl (C=O) groups is 3. The monoisotopic (exact) mass is 390 g/mol. The molecule has 0 saturated carbocycles. The van der Waals surface area contributed by atoms with Gasteiger partial charge in [-0.1, -0.05) is 0 Å². The Bertz CT molecular complexity index is 786. The highest BCUT2D eigenvalue weighted by molar-refractivity contribution is 8.18. The summed E-state index contributed by atoms with van der Waals surface area (Å²) in [6, 6.07) is 5.84. The standard InChI is InChI=1S/C19H22N2O5S/c1-25-15-11-14(20-8-4-3-5-9-20)7-6-13(15)10-16-18(23)21(19(24)27-16)12-17(22)26-2/h6-7,10-11H,3-5,8-9,12H2,1-2H3/b16-10+. The van der Waals surface area contributed by atoms with E-state index in [1.54, 1.807) is 13.2 Å². The van der Waals surface area contributed by atoms with Crippen LogP contribution in [0.15, 0.2) is 23.1 Å². The summed E-state index contributed by atoms with van der Waals surface area (Å²) in [4.78, 5) is 39.3. The van der Waals surface area contributed by atoms with Crippen molar-refractivity contribution < 1.29 is 23.9 Å². The van der Waals surface area contributed by atoms with Crippen molar-refractivity contribution in [1.29, 1.82) is 0 Å². The van der Waals surface area contributed by atoms with E-state index in [1.807, 2.05) is 18.2 Å². The second kappa shape index (κ2) is 8.47. The van der Waals surface area contributed by atoms with Crippen molar-refractivity contribution in [3.05, 3.63) is 28.7 Å². The number of ether oxygens (including phenoxy) is 2. The highest BCUT2D eigenvalue weighted by atomic mass is 32.2. The summed E-state index contributed by atoms with van der Waals surface area (Å²) in [6.07, 6.45) is 5.24. The number of carbonyl (C=O) groups excluding carboxylic acids is 3.